The van der Waals surface area contributed by atoms with Gasteiger partial charge in [-0.25, -0.2) is 17.5 Å². The Bertz CT molecular complexity index is 745. The Morgan fingerprint density at radius 3 is 2.75 bits per heavy atom. The second-order valence-electron chi connectivity index (χ2n) is 4.06. The fourth-order valence-corrected chi connectivity index (χ4v) is 3.16. The lowest BCUT2D eigenvalue weighted by atomic mass is 10.3. The zero-order chi connectivity index (χ0) is 14.9. The highest BCUT2D eigenvalue weighted by atomic mass is 79.9. The molecule has 0 saturated carbocycles. The topological polar surface area (TPSA) is 98.2 Å². The number of nitrogens with two attached hydrogens (primary N) is 1. The van der Waals surface area contributed by atoms with Crippen LogP contribution in [-0.2, 0) is 16.6 Å². The van der Waals surface area contributed by atoms with Gasteiger partial charge in [0.15, 0.2) is 0 Å². The van der Waals surface area contributed by atoms with E-state index in [1.807, 2.05) is 0 Å². The highest BCUT2D eigenvalue weighted by molar-refractivity contribution is 9.10. The quantitative estimate of drug-likeness (QED) is 0.808. The second-order valence-corrected chi connectivity index (χ2v) is 6.65. The molecule has 0 aliphatic heterocycles. The van der Waals surface area contributed by atoms with E-state index in [9.17, 15) is 12.8 Å². The first kappa shape index (κ1) is 14.9. The number of hydrogen-bond donors (Lipinski definition) is 2. The molecule has 1 aromatic heterocycles. The van der Waals surface area contributed by atoms with E-state index in [4.69, 9.17) is 10.3 Å². The third kappa shape index (κ3) is 3.17. The zero-order valence-corrected chi connectivity index (χ0v) is 12.8. The van der Waals surface area contributed by atoms with E-state index in [-0.39, 0.29) is 21.6 Å². The predicted molar refractivity (Wildman–Crippen MR) is 73.8 cm³/mol. The molecule has 1 heterocycles. The van der Waals surface area contributed by atoms with Gasteiger partial charge in [0.1, 0.15) is 16.5 Å². The zero-order valence-electron chi connectivity index (χ0n) is 10.4. The molecule has 9 heteroatoms. The number of nitrogens with zero attached hydrogens (tertiary/aromatic N) is 1. The number of rotatable bonds is 4. The molecule has 3 N–H and O–H groups in total. The van der Waals surface area contributed by atoms with Gasteiger partial charge in [-0.05, 0) is 35.0 Å². The lowest BCUT2D eigenvalue weighted by Crippen LogP contribution is -2.24. The molecule has 0 radical (unpaired) electrons. The summed E-state index contributed by atoms with van der Waals surface area (Å²) in [4.78, 5) is -0.203. The van der Waals surface area contributed by atoms with E-state index < -0.39 is 15.8 Å². The first-order valence-corrected chi connectivity index (χ1v) is 7.73. The van der Waals surface area contributed by atoms with Crippen molar-refractivity contribution in [3.05, 3.63) is 39.9 Å². The smallest absolute Gasteiger partial charge is 0.243 e. The lowest BCUT2D eigenvalue weighted by Gasteiger charge is -2.09. The first-order valence-electron chi connectivity index (χ1n) is 5.46. The summed E-state index contributed by atoms with van der Waals surface area (Å²) in [6.45, 7) is 1.65. The molecule has 6 nitrogen and oxygen atoms in total. The number of aryl methyl sites for hydroxylation is 1. The standard InChI is InChI=1S/C11H11BrFN3O3S/c1-6-2-7(16-19-6)5-15-20(17,18)11-3-8(12)9(13)4-10(11)14/h2-4,15H,5,14H2,1H3. The Hall–Kier alpha value is -1.45. The van der Waals surface area contributed by atoms with Crippen LogP contribution in [0.5, 0.6) is 0 Å². The molecule has 2 rings (SSSR count). The van der Waals surface area contributed by atoms with Gasteiger partial charge in [0.05, 0.1) is 22.4 Å². The van der Waals surface area contributed by atoms with Crippen molar-refractivity contribution >= 4 is 31.6 Å². The van der Waals surface area contributed by atoms with Crippen LogP contribution in [0.4, 0.5) is 10.1 Å². The van der Waals surface area contributed by atoms with Gasteiger partial charge in [-0.1, -0.05) is 5.16 Å². The molecule has 0 saturated heterocycles. The third-order valence-corrected chi connectivity index (χ3v) is 4.53. The minimum absolute atomic E-state index is 0.0179. The van der Waals surface area contributed by atoms with Crippen molar-refractivity contribution in [2.45, 2.75) is 18.4 Å². The molecule has 0 aliphatic rings. The van der Waals surface area contributed by atoms with Gasteiger partial charge in [0.2, 0.25) is 10.0 Å². The number of benzene rings is 1. The van der Waals surface area contributed by atoms with Crippen LogP contribution in [0.15, 0.2) is 32.1 Å². The molecule has 0 atom stereocenters. The maximum Gasteiger partial charge on any atom is 0.243 e. The van der Waals surface area contributed by atoms with Crippen LogP contribution in [-0.4, -0.2) is 13.6 Å². The maximum absolute atomic E-state index is 13.2. The van der Waals surface area contributed by atoms with E-state index in [0.29, 0.717) is 11.5 Å². The Kier molecular flexibility index (Phi) is 4.11. The van der Waals surface area contributed by atoms with Crippen LogP contribution in [0.2, 0.25) is 0 Å². The van der Waals surface area contributed by atoms with E-state index in [2.05, 4.69) is 25.8 Å². The average molecular weight is 364 g/mol. The van der Waals surface area contributed by atoms with Crippen LogP contribution in [0.3, 0.4) is 0 Å². The Balaban J connectivity index is 2.24. The van der Waals surface area contributed by atoms with Crippen molar-refractivity contribution < 1.29 is 17.3 Å². The summed E-state index contributed by atoms with van der Waals surface area (Å²) in [5.74, 6) is -0.0585. The fraction of sp³-hybridized carbons (Fsp3) is 0.182. The van der Waals surface area contributed by atoms with E-state index in [1.165, 1.54) is 0 Å². The van der Waals surface area contributed by atoms with Gasteiger partial charge in [0.25, 0.3) is 0 Å². The second kappa shape index (κ2) is 5.51. The van der Waals surface area contributed by atoms with Crippen molar-refractivity contribution in [1.82, 2.24) is 9.88 Å². The summed E-state index contributed by atoms with van der Waals surface area (Å²) in [6, 6.07) is 3.66. The molecule has 0 bridgehead atoms. The largest absolute Gasteiger partial charge is 0.398 e. The minimum Gasteiger partial charge on any atom is -0.398 e. The van der Waals surface area contributed by atoms with Gasteiger partial charge in [0, 0.05) is 6.07 Å². The summed E-state index contributed by atoms with van der Waals surface area (Å²) in [5, 5.41) is 3.66. The van der Waals surface area contributed by atoms with Crippen LogP contribution >= 0.6 is 15.9 Å². The van der Waals surface area contributed by atoms with Crippen molar-refractivity contribution in [2.75, 3.05) is 5.73 Å². The number of sulfonamides is 1. The van der Waals surface area contributed by atoms with Crippen molar-refractivity contribution in [1.29, 1.82) is 0 Å². The van der Waals surface area contributed by atoms with E-state index >= 15 is 0 Å². The van der Waals surface area contributed by atoms with Gasteiger partial charge >= 0.3 is 0 Å². The Morgan fingerprint density at radius 1 is 1.45 bits per heavy atom. The Labute approximate surface area is 123 Å². The molecule has 0 fully saturated rings. The normalized spacial score (nSPS) is 11.8. The molecule has 0 unspecified atom stereocenters. The summed E-state index contributed by atoms with van der Waals surface area (Å²) < 4.78 is 44.6. The third-order valence-electron chi connectivity index (χ3n) is 2.46. The number of aromatic nitrogens is 1. The molecule has 108 valence electrons. The number of halogens is 2. The lowest BCUT2D eigenvalue weighted by molar-refractivity contribution is 0.390. The minimum atomic E-state index is -3.87. The summed E-state index contributed by atoms with van der Waals surface area (Å²) in [6.07, 6.45) is 0. The molecule has 2 aromatic rings. The number of nitrogens with one attached hydrogen (secondary N) is 1. The SMILES string of the molecule is Cc1cc(CNS(=O)(=O)c2cc(Br)c(F)cc2N)no1. The van der Waals surface area contributed by atoms with Gasteiger partial charge in [-0.3, -0.25) is 0 Å². The maximum atomic E-state index is 13.2. The highest BCUT2D eigenvalue weighted by Crippen LogP contribution is 2.26. The summed E-state index contributed by atoms with van der Waals surface area (Å²) >= 11 is 2.92. The molecular formula is C11H11BrFN3O3S. The molecule has 1 aromatic carbocycles. The number of anilines is 1. The van der Waals surface area contributed by atoms with E-state index in [1.54, 1.807) is 13.0 Å². The molecular weight excluding hydrogens is 353 g/mol. The highest BCUT2D eigenvalue weighted by Gasteiger charge is 2.20. The summed E-state index contributed by atoms with van der Waals surface area (Å²) in [7, 11) is -3.87. The first-order chi connectivity index (χ1) is 9.29. The fourth-order valence-electron chi connectivity index (χ4n) is 1.52. The van der Waals surface area contributed by atoms with Crippen LogP contribution < -0.4 is 10.5 Å². The van der Waals surface area contributed by atoms with Crippen LogP contribution in [0.1, 0.15) is 11.5 Å². The van der Waals surface area contributed by atoms with Crippen molar-refractivity contribution in [3.8, 4) is 0 Å². The van der Waals surface area contributed by atoms with Gasteiger partial charge in [-0.15, -0.1) is 0 Å². The molecule has 0 spiro atoms. The average Bonchev–Trinajstić information content (AvgIpc) is 2.77. The molecule has 0 amide bonds. The van der Waals surface area contributed by atoms with Gasteiger partial charge in [-0.2, -0.15) is 0 Å². The van der Waals surface area contributed by atoms with Crippen LogP contribution in [0, 0.1) is 12.7 Å². The van der Waals surface area contributed by atoms with Crippen LogP contribution in [0.25, 0.3) is 0 Å². The predicted octanol–water partition coefficient (Wildman–Crippen LogP) is 1.95. The Morgan fingerprint density at radius 2 is 2.15 bits per heavy atom. The van der Waals surface area contributed by atoms with E-state index in [0.717, 1.165) is 12.1 Å². The number of nitrogen functional groups attached to an aromatic ring is 1. The van der Waals surface area contributed by atoms with Gasteiger partial charge < -0.3 is 10.3 Å². The van der Waals surface area contributed by atoms with Crippen molar-refractivity contribution in [2.24, 2.45) is 0 Å². The summed E-state index contributed by atoms with van der Waals surface area (Å²) in [5.41, 5.74) is 5.80. The molecule has 20 heavy (non-hydrogen) atoms. The molecule has 0 aliphatic carbocycles. The van der Waals surface area contributed by atoms with Crippen molar-refractivity contribution in [3.63, 3.8) is 0 Å². The monoisotopic (exact) mass is 363 g/mol. The number of hydrogen-bond acceptors (Lipinski definition) is 5.